The summed E-state index contributed by atoms with van der Waals surface area (Å²) in [7, 11) is 0. The van der Waals surface area contributed by atoms with Crippen LogP contribution in [0.3, 0.4) is 0 Å². The maximum atomic E-state index is 5.79. The minimum absolute atomic E-state index is 0.313. The molecule has 114 valence electrons. The zero-order chi connectivity index (χ0) is 14.9. The van der Waals surface area contributed by atoms with E-state index in [2.05, 4.69) is 23.7 Å². The monoisotopic (exact) mass is 288 g/mol. The minimum Gasteiger partial charge on any atom is -0.492 e. The first kappa shape index (κ1) is 15.8. The molecule has 1 aliphatic heterocycles. The van der Waals surface area contributed by atoms with Gasteiger partial charge in [-0.05, 0) is 37.6 Å². The van der Waals surface area contributed by atoms with Crippen molar-refractivity contribution < 1.29 is 9.47 Å². The van der Waals surface area contributed by atoms with Crippen molar-refractivity contribution in [1.29, 1.82) is 0 Å². The third-order valence-corrected chi connectivity index (χ3v) is 3.40. The van der Waals surface area contributed by atoms with Crippen molar-refractivity contribution in [3.63, 3.8) is 0 Å². The standard InChI is InChI=1S/C17H24N2O2/c1-15-14-19(10-3-12-20-15)11-13-21-17-7-5-16(6-8-17)4-2-9-18/h5-8,15H,3,9-14,18H2,1H3. The molecule has 0 bridgehead atoms. The summed E-state index contributed by atoms with van der Waals surface area (Å²) in [6.45, 7) is 7.07. The van der Waals surface area contributed by atoms with Crippen LogP contribution in [0.1, 0.15) is 18.9 Å². The van der Waals surface area contributed by atoms with Crippen LogP contribution in [0.25, 0.3) is 0 Å². The van der Waals surface area contributed by atoms with Gasteiger partial charge in [0.25, 0.3) is 0 Å². The van der Waals surface area contributed by atoms with E-state index in [1.165, 1.54) is 0 Å². The molecule has 4 heteroatoms. The number of nitrogens with zero attached hydrogens (tertiary/aromatic N) is 1. The summed E-state index contributed by atoms with van der Waals surface area (Å²) in [5.41, 5.74) is 6.32. The summed E-state index contributed by atoms with van der Waals surface area (Å²) >= 11 is 0. The summed E-state index contributed by atoms with van der Waals surface area (Å²) in [5.74, 6) is 6.72. The zero-order valence-corrected chi connectivity index (χ0v) is 12.7. The SMILES string of the molecule is CC1CN(CCOc2ccc(C#CCN)cc2)CCCO1. The van der Waals surface area contributed by atoms with Crippen molar-refractivity contribution in [1.82, 2.24) is 4.90 Å². The van der Waals surface area contributed by atoms with E-state index in [0.29, 0.717) is 19.3 Å². The molecule has 4 nitrogen and oxygen atoms in total. The fourth-order valence-corrected chi connectivity index (χ4v) is 2.36. The Kier molecular flexibility index (Phi) is 6.55. The molecule has 0 aromatic heterocycles. The van der Waals surface area contributed by atoms with Gasteiger partial charge in [0.15, 0.2) is 0 Å². The predicted molar refractivity (Wildman–Crippen MR) is 84.3 cm³/mol. The first-order valence-electron chi connectivity index (χ1n) is 7.53. The molecule has 1 heterocycles. The highest BCUT2D eigenvalue weighted by Crippen LogP contribution is 2.12. The van der Waals surface area contributed by atoms with Crippen molar-refractivity contribution in [2.45, 2.75) is 19.4 Å². The Balaban J connectivity index is 1.75. The Hall–Kier alpha value is -1.54. The molecule has 1 atom stereocenters. The van der Waals surface area contributed by atoms with Gasteiger partial charge in [-0.3, -0.25) is 4.90 Å². The molecule has 2 rings (SSSR count). The van der Waals surface area contributed by atoms with Crippen LogP contribution in [-0.4, -0.2) is 50.4 Å². The summed E-state index contributed by atoms with van der Waals surface area (Å²) in [6, 6.07) is 7.82. The number of rotatable bonds is 4. The van der Waals surface area contributed by atoms with Gasteiger partial charge in [0.2, 0.25) is 0 Å². The number of ether oxygens (including phenoxy) is 2. The lowest BCUT2D eigenvalue weighted by Crippen LogP contribution is -2.33. The highest BCUT2D eigenvalue weighted by molar-refractivity contribution is 5.38. The van der Waals surface area contributed by atoms with Crippen molar-refractivity contribution >= 4 is 0 Å². The van der Waals surface area contributed by atoms with Gasteiger partial charge in [-0.25, -0.2) is 0 Å². The third kappa shape index (κ3) is 5.76. The first-order valence-corrected chi connectivity index (χ1v) is 7.53. The van der Waals surface area contributed by atoms with E-state index in [9.17, 15) is 0 Å². The minimum atomic E-state index is 0.313. The molecule has 1 aromatic rings. The lowest BCUT2D eigenvalue weighted by Gasteiger charge is -2.21. The molecule has 1 fully saturated rings. The topological polar surface area (TPSA) is 47.7 Å². The smallest absolute Gasteiger partial charge is 0.119 e. The number of hydrogen-bond acceptors (Lipinski definition) is 4. The van der Waals surface area contributed by atoms with Gasteiger partial charge in [-0.15, -0.1) is 0 Å². The Morgan fingerprint density at radius 1 is 1.38 bits per heavy atom. The zero-order valence-electron chi connectivity index (χ0n) is 12.7. The average Bonchev–Trinajstić information content (AvgIpc) is 2.71. The van der Waals surface area contributed by atoms with Gasteiger partial charge in [0.1, 0.15) is 12.4 Å². The van der Waals surface area contributed by atoms with Crippen LogP contribution in [0, 0.1) is 11.8 Å². The second-order valence-electron chi connectivity index (χ2n) is 5.21. The Morgan fingerprint density at radius 3 is 2.95 bits per heavy atom. The van der Waals surface area contributed by atoms with Crippen molar-refractivity contribution in [3.05, 3.63) is 29.8 Å². The van der Waals surface area contributed by atoms with Crippen molar-refractivity contribution in [2.24, 2.45) is 5.73 Å². The predicted octanol–water partition coefficient (Wildman–Crippen LogP) is 1.49. The number of hydrogen-bond donors (Lipinski definition) is 1. The molecule has 21 heavy (non-hydrogen) atoms. The third-order valence-electron chi connectivity index (χ3n) is 3.40. The van der Waals surface area contributed by atoms with Crippen LogP contribution < -0.4 is 10.5 Å². The molecule has 0 radical (unpaired) electrons. The molecule has 0 amide bonds. The van der Waals surface area contributed by atoms with Gasteiger partial charge in [-0.1, -0.05) is 11.8 Å². The summed E-state index contributed by atoms with van der Waals surface area (Å²) in [6.07, 6.45) is 1.41. The maximum Gasteiger partial charge on any atom is 0.119 e. The second-order valence-corrected chi connectivity index (χ2v) is 5.21. The molecule has 2 N–H and O–H groups in total. The lowest BCUT2D eigenvalue weighted by atomic mass is 10.2. The van der Waals surface area contributed by atoms with Crippen LogP contribution in [0.4, 0.5) is 0 Å². The second kappa shape index (κ2) is 8.68. The summed E-state index contributed by atoms with van der Waals surface area (Å²) in [5, 5.41) is 0. The van der Waals surface area contributed by atoms with E-state index in [-0.39, 0.29) is 0 Å². The quantitative estimate of drug-likeness (QED) is 0.853. The van der Waals surface area contributed by atoms with Crippen LogP contribution in [-0.2, 0) is 4.74 Å². The normalized spacial score (nSPS) is 19.4. The van der Waals surface area contributed by atoms with E-state index in [4.69, 9.17) is 15.2 Å². The first-order chi connectivity index (χ1) is 10.3. The molecule has 1 aliphatic rings. The Labute approximate surface area is 127 Å². The van der Waals surface area contributed by atoms with Crippen molar-refractivity contribution in [2.75, 3.05) is 39.4 Å². The fraction of sp³-hybridized carbons (Fsp3) is 0.529. The van der Waals surface area contributed by atoms with Gasteiger partial charge >= 0.3 is 0 Å². The highest BCUT2D eigenvalue weighted by atomic mass is 16.5. The molecular weight excluding hydrogens is 264 g/mol. The van der Waals surface area contributed by atoms with E-state index in [1.807, 2.05) is 24.3 Å². The van der Waals surface area contributed by atoms with Crippen LogP contribution in [0.15, 0.2) is 24.3 Å². The number of benzene rings is 1. The number of nitrogens with two attached hydrogens (primary N) is 1. The van der Waals surface area contributed by atoms with Crippen LogP contribution in [0.2, 0.25) is 0 Å². The van der Waals surface area contributed by atoms with E-state index in [0.717, 1.165) is 44.0 Å². The average molecular weight is 288 g/mol. The van der Waals surface area contributed by atoms with Gasteiger partial charge in [-0.2, -0.15) is 0 Å². The van der Waals surface area contributed by atoms with Gasteiger partial charge in [0.05, 0.1) is 12.6 Å². The van der Waals surface area contributed by atoms with Crippen LogP contribution >= 0.6 is 0 Å². The fourth-order valence-electron chi connectivity index (χ4n) is 2.36. The van der Waals surface area contributed by atoms with E-state index in [1.54, 1.807) is 0 Å². The van der Waals surface area contributed by atoms with Crippen molar-refractivity contribution in [3.8, 4) is 17.6 Å². The molecule has 0 saturated carbocycles. The molecule has 1 aromatic carbocycles. The lowest BCUT2D eigenvalue weighted by molar-refractivity contribution is 0.0658. The Bertz CT molecular complexity index is 476. The molecular formula is C17H24N2O2. The Morgan fingerprint density at radius 2 is 2.19 bits per heavy atom. The van der Waals surface area contributed by atoms with Gasteiger partial charge in [0, 0.05) is 31.8 Å². The van der Waals surface area contributed by atoms with E-state index < -0.39 is 0 Å². The van der Waals surface area contributed by atoms with Gasteiger partial charge < -0.3 is 15.2 Å². The summed E-state index contributed by atoms with van der Waals surface area (Å²) in [4.78, 5) is 2.40. The molecule has 0 spiro atoms. The molecule has 1 unspecified atom stereocenters. The summed E-state index contributed by atoms with van der Waals surface area (Å²) < 4.78 is 11.4. The van der Waals surface area contributed by atoms with E-state index >= 15 is 0 Å². The highest BCUT2D eigenvalue weighted by Gasteiger charge is 2.14. The van der Waals surface area contributed by atoms with Crippen LogP contribution in [0.5, 0.6) is 5.75 Å². The maximum absolute atomic E-state index is 5.79. The molecule has 1 saturated heterocycles. The largest absolute Gasteiger partial charge is 0.492 e. The molecule has 0 aliphatic carbocycles.